The molecule has 0 saturated heterocycles. The third kappa shape index (κ3) is 2.34. The van der Waals surface area contributed by atoms with Gasteiger partial charge in [-0.15, -0.1) is 11.6 Å². The van der Waals surface area contributed by atoms with Crippen molar-refractivity contribution < 1.29 is 8.78 Å². The molecule has 0 aliphatic carbocycles. The van der Waals surface area contributed by atoms with Crippen LogP contribution in [0.25, 0.3) is 0 Å². The van der Waals surface area contributed by atoms with Crippen LogP contribution in [0.1, 0.15) is 23.2 Å². The van der Waals surface area contributed by atoms with Gasteiger partial charge in [-0.1, -0.05) is 0 Å². The van der Waals surface area contributed by atoms with Crippen molar-refractivity contribution in [3.05, 3.63) is 23.0 Å². The van der Waals surface area contributed by atoms with E-state index < -0.39 is 12.1 Å². The highest BCUT2D eigenvalue weighted by Gasteiger charge is 2.18. The number of nitriles is 1. The van der Waals surface area contributed by atoms with Gasteiger partial charge < -0.3 is 5.73 Å². The fraction of sp³-hybridized carbons (Fsp3) is 0.333. The molecule has 0 unspecified atom stereocenters. The quantitative estimate of drug-likeness (QED) is 0.813. The number of nitrogens with zero attached hydrogens (tertiary/aromatic N) is 2. The molecule has 0 amide bonds. The van der Waals surface area contributed by atoms with E-state index in [1.165, 1.54) is 6.20 Å². The first-order valence-electron chi connectivity index (χ1n) is 4.09. The molecule has 1 heterocycles. The topological polar surface area (TPSA) is 62.7 Å². The molecule has 1 aromatic heterocycles. The molecule has 0 atom stereocenters. The average Bonchev–Trinajstić information content (AvgIpc) is 2.20. The fourth-order valence-corrected chi connectivity index (χ4v) is 1.46. The molecule has 0 fully saturated rings. The van der Waals surface area contributed by atoms with Crippen LogP contribution in [0.2, 0.25) is 0 Å². The van der Waals surface area contributed by atoms with Crippen LogP contribution in [-0.4, -0.2) is 4.98 Å². The van der Waals surface area contributed by atoms with Crippen molar-refractivity contribution in [1.82, 2.24) is 4.98 Å². The van der Waals surface area contributed by atoms with Gasteiger partial charge in [0.05, 0.1) is 18.4 Å². The molecule has 1 aromatic rings. The molecular formula is C9H8ClF2N3. The predicted molar refractivity (Wildman–Crippen MR) is 52.5 cm³/mol. The highest BCUT2D eigenvalue weighted by atomic mass is 35.5. The van der Waals surface area contributed by atoms with Crippen molar-refractivity contribution in [3.63, 3.8) is 0 Å². The van der Waals surface area contributed by atoms with Crippen molar-refractivity contribution in [2.75, 3.05) is 5.73 Å². The standard InChI is InChI=1S/C9H8ClF2N3/c10-3-6-7(14)5(1-2-13)4-15-8(6)9(11)12/h4,9H,1,3H2,(H2,14,15). The number of halogens is 3. The molecule has 0 aliphatic heterocycles. The molecule has 0 spiro atoms. The maximum absolute atomic E-state index is 12.5. The summed E-state index contributed by atoms with van der Waals surface area (Å²) < 4.78 is 24.9. The summed E-state index contributed by atoms with van der Waals surface area (Å²) in [5.74, 6) is -0.141. The van der Waals surface area contributed by atoms with E-state index in [1.807, 2.05) is 6.07 Å². The summed E-state index contributed by atoms with van der Waals surface area (Å²) in [6.45, 7) is 0. The third-order valence-electron chi connectivity index (χ3n) is 1.95. The molecule has 1 rings (SSSR count). The predicted octanol–water partition coefficient (Wildman–Crippen LogP) is 2.41. The lowest BCUT2D eigenvalue weighted by Crippen LogP contribution is -2.05. The van der Waals surface area contributed by atoms with E-state index in [-0.39, 0.29) is 23.6 Å². The van der Waals surface area contributed by atoms with Gasteiger partial charge in [0.25, 0.3) is 6.43 Å². The maximum Gasteiger partial charge on any atom is 0.280 e. The van der Waals surface area contributed by atoms with Gasteiger partial charge in [-0.05, 0) is 0 Å². The fourth-order valence-electron chi connectivity index (χ4n) is 1.18. The minimum Gasteiger partial charge on any atom is -0.398 e. The van der Waals surface area contributed by atoms with Crippen molar-refractivity contribution in [1.29, 1.82) is 5.26 Å². The Morgan fingerprint density at radius 2 is 2.27 bits per heavy atom. The van der Waals surface area contributed by atoms with E-state index in [9.17, 15) is 8.78 Å². The Morgan fingerprint density at radius 1 is 1.60 bits per heavy atom. The number of anilines is 1. The van der Waals surface area contributed by atoms with Gasteiger partial charge in [0.2, 0.25) is 0 Å². The Morgan fingerprint density at radius 3 is 2.73 bits per heavy atom. The average molecular weight is 232 g/mol. The van der Waals surface area contributed by atoms with E-state index >= 15 is 0 Å². The highest BCUT2D eigenvalue weighted by molar-refractivity contribution is 6.17. The van der Waals surface area contributed by atoms with Crippen LogP contribution in [0.5, 0.6) is 0 Å². The summed E-state index contributed by atoms with van der Waals surface area (Å²) in [6.07, 6.45) is -1.49. The third-order valence-corrected chi connectivity index (χ3v) is 2.22. The van der Waals surface area contributed by atoms with Crippen LogP contribution >= 0.6 is 11.6 Å². The lowest BCUT2D eigenvalue weighted by atomic mass is 10.1. The van der Waals surface area contributed by atoms with Crippen LogP contribution < -0.4 is 5.73 Å². The van der Waals surface area contributed by atoms with E-state index in [0.717, 1.165) is 0 Å². The maximum atomic E-state index is 12.5. The number of pyridine rings is 1. The highest BCUT2D eigenvalue weighted by Crippen LogP contribution is 2.28. The van der Waals surface area contributed by atoms with Gasteiger partial charge in [0.1, 0.15) is 5.69 Å². The zero-order valence-electron chi connectivity index (χ0n) is 7.67. The van der Waals surface area contributed by atoms with Gasteiger partial charge in [0.15, 0.2) is 0 Å². The molecule has 80 valence electrons. The number of aromatic nitrogens is 1. The molecule has 15 heavy (non-hydrogen) atoms. The summed E-state index contributed by atoms with van der Waals surface area (Å²) >= 11 is 5.52. The Bertz CT molecular complexity index is 401. The molecule has 0 radical (unpaired) electrons. The summed E-state index contributed by atoms with van der Waals surface area (Å²) in [6, 6.07) is 1.87. The molecule has 2 N–H and O–H groups in total. The minimum absolute atomic E-state index is 0.0340. The SMILES string of the molecule is N#CCc1cnc(C(F)F)c(CCl)c1N. The first kappa shape index (κ1) is 11.7. The lowest BCUT2D eigenvalue weighted by molar-refractivity contribution is 0.145. The van der Waals surface area contributed by atoms with Crippen molar-refractivity contribution in [2.24, 2.45) is 0 Å². The normalized spacial score (nSPS) is 10.3. The van der Waals surface area contributed by atoms with Gasteiger partial charge in [-0.2, -0.15) is 5.26 Å². The Hall–Kier alpha value is -1.41. The number of nitrogen functional groups attached to an aromatic ring is 1. The molecule has 0 saturated carbocycles. The van der Waals surface area contributed by atoms with E-state index in [4.69, 9.17) is 22.6 Å². The number of hydrogen-bond acceptors (Lipinski definition) is 3. The number of rotatable bonds is 3. The second-order valence-electron chi connectivity index (χ2n) is 2.83. The van der Waals surface area contributed by atoms with Gasteiger partial charge in [-0.25, -0.2) is 8.78 Å². The zero-order valence-corrected chi connectivity index (χ0v) is 8.43. The van der Waals surface area contributed by atoms with E-state index in [0.29, 0.717) is 5.56 Å². The molecule has 3 nitrogen and oxygen atoms in total. The minimum atomic E-state index is -2.71. The largest absolute Gasteiger partial charge is 0.398 e. The van der Waals surface area contributed by atoms with Crippen molar-refractivity contribution in [2.45, 2.75) is 18.7 Å². The summed E-state index contributed by atoms with van der Waals surface area (Å²) in [7, 11) is 0. The van der Waals surface area contributed by atoms with Crippen LogP contribution in [0, 0.1) is 11.3 Å². The molecule has 0 bridgehead atoms. The van der Waals surface area contributed by atoms with Crippen molar-refractivity contribution >= 4 is 17.3 Å². The number of alkyl halides is 3. The van der Waals surface area contributed by atoms with Gasteiger partial charge in [0, 0.05) is 23.0 Å². The Labute approximate surface area is 90.5 Å². The molecular weight excluding hydrogens is 224 g/mol. The van der Waals surface area contributed by atoms with Crippen molar-refractivity contribution in [3.8, 4) is 6.07 Å². The first-order chi connectivity index (χ1) is 7.11. The van der Waals surface area contributed by atoms with Crippen LogP contribution in [0.4, 0.5) is 14.5 Å². The van der Waals surface area contributed by atoms with Crippen LogP contribution in [-0.2, 0) is 12.3 Å². The number of nitrogens with two attached hydrogens (primary N) is 1. The first-order valence-corrected chi connectivity index (χ1v) is 4.62. The number of hydrogen-bond donors (Lipinski definition) is 1. The van der Waals surface area contributed by atoms with Gasteiger partial charge >= 0.3 is 0 Å². The Kier molecular flexibility index (Phi) is 3.81. The molecule has 0 aromatic carbocycles. The molecule has 0 aliphatic rings. The van der Waals surface area contributed by atoms with Crippen LogP contribution in [0.15, 0.2) is 6.20 Å². The lowest BCUT2D eigenvalue weighted by Gasteiger charge is -2.10. The van der Waals surface area contributed by atoms with E-state index in [1.54, 1.807) is 0 Å². The second kappa shape index (κ2) is 4.89. The second-order valence-corrected chi connectivity index (χ2v) is 3.10. The van der Waals surface area contributed by atoms with E-state index in [2.05, 4.69) is 4.98 Å². The Balaban J connectivity index is 3.27. The zero-order chi connectivity index (χ0) is 11.4. The smallest absolute Gasteiger partial charge is 0.280 e. The van der Waals surface area contributed by atoms with Crippen LogP contribution in [0.3, 0.4) is 0 Å². The summed E-state index contributed by atoms with van der Waals surface area (Å²) in [4.78, 5) is 3.56. The van der Waals surface area contributed by atoms with Gasteiger partial charge in [-0.3, -0.25) is 4.98 Å². The monoisotopic (exact) mass is 231 g/mol. The molecule has 6 heteroatoms. The summed E-state index contributed by atoms with van der Waals surface area (Å²) in [5.41, 5.74) is 5.87. The summed E-state index contributed by atoms with van der Waals surface area (Å²) in [5, 5.41) is 8.47.